The molecular weight excluding hydrogens is 393 g/mol. The van der Waals surface area contributed by atoms with Gasteiger partial charge in [-0.1, -0.05) is 27.7 Å². The van der Waals surface area contributed by atoms with Crippen LogP contribution in [0.3, 0.4) is 0 Å². The summed E-state index contributed by atoms with van der Waals surface area (Å²) < 4.78 is 2.97. The molecule has 136 valence electrons. The maximum absolute atomic E-state index is 2.31. The van der Waals surface area contributed by atoms with Crippen LogP contribution in [0.25, 0.3) is 28.9 Å². The molecule has 0 N–H and O–H groups in total. The van der Waals surface area contributed by atoms with E-state index in [9.17, 15) is 0 Å². The summed E-state index contributed by atoms with van der Waals surface area (Å²) in [5, 5.41) is 0. The zero-order valence-electron chi connectivity index (χ0n) is 16.1. The minimum atomic E-state index is 0.609. The maximum atomic E-state index is 2.31. The van der Waals surface area contributed by atoms with Crippen LogP contribution in [0.2, 0.25) is 0 Å². The lowest BCUT2D eigenvalue weighted by atomic mass is 10.2. The molecule has 0 nitrogen and oxygen atoms in total. The molecule has 0 spiro atoms. The van der Waals surface area contributed by atoms with Gasteiger partial charge in [0.25, 0.3) is 0 Å². The molecule has 0 aliphatic carbocycles. The van der Waals surface area contributed by atoms with Crippen molar-refractivity contribution in [3.05, 3.63) is 45.1 Å². The average molecular weight is 417 g/mol. The van der Waals surface area contributed by atoms with Crippen LogP contribution in [0.15, 0.2) is 24.3 Å². The number of rotatable bonds is 4. The molecule has 0 unspecified atom stereocenters. The van der Waals surface area contributed by atoms with Crippen LogP contribution >= 0.6 is 45.3 Å². The molecular formula is C22H24S4. The molecule has 4 aromatic rings. The van der Waals surface area contributed by atoms with E-state index in [1.807, 2.05) is 45.3 Å². The molecule has 0 fully saturated rings. The normalized spacial score (nSPS) is 12.2. The molecule has 0 aliphatic rings. The highest BCUT2D eigenvalue weighted by Crippen LogP contribution is 2.50. The van der Waals surface area contributed by atoms with E-state index >= 15 is 0 Å². The molecule has 0 saturated carbocycles. The second-order valence-corrected chi connectivity index (χ2v) is 11.8. The largest absolute Gasteiger partial charge is 0.139 e. The first-order valence-electron chi connectivity index (χ1n) is 9.09. The van der Waals surface area contributed by atoms with E-state index in [-0.39, 0.29) is 0 Å². The van der Waals surface area contributed by atoms with Crippen LogP contribution in [0, 0.1) is 13.8 Å². The van der Waals surface area contributed by atoms with E-state index in [1.54, 1.807) is 0 Å². The van der Waals surface area contributed by atoms with Gasteiger partial charge in [-0.15, -0.1) is 45.3 Å². The van der Waals surface area contributed by atoms with Crippen molar-refractivity contribution < 1.29 is 0 Å². The Bertz CT molecular complexity index is 979. The van der Waals surface area contributed by atoms with Gasteiger partial charge in [-0.25, -0.2) is 0 Å². The highest BCUT2D eigenvalue weighted by atomic mass is 32.1. The summed E-state index contributed by atoms with van der Waals surface area (Å²) in [5.41, 5.74) is 2.92. The van der Waals surface area contributed by atoms with Gasteiger partial charge in [-0.05, 0) is 61.1 Å². The highest BCUT2D eigenvalue weighted by Gasteiger charge is 2.20. The molecule has 4 aromatic heterocycles. The third-order valence-electron chi connectivity index (χ3n) is 4.82. The molecule has 4 heterocycles. The Labute approximate surface area is 172 Å². The van der Waals surface area contributed by atoms with E-state index in [0.29, 0.717) is 11.8 Å². The van der Waals surface area contributed by atoms with Crippen molar-refractivity contribution in [2.75, 3.05) is 0 Å². The lowest BCUT2D eigenvalue weighted by Crippen LogP contribution is -1.77. The smallest absolute Gasteiger partial charge is 0.0496 e. The summed E-state index contributed by atoms with van der Waals surface area (Å²) in [6.45, 7) is 13.7. The van der Waals surface area contributed by atoms with Crippen LogP contribution in [0.4, 0.5) is 0 Å². The van der Waals surface area contributed by atoms with Crippen molar-refractivity contribution in [2.24, 2.45) is 0 Å². The fourth-order valence-corrected chi connectivity index (χ4v) is 8.34. The Kier molecular flexibility index (Phi) is 4.89. The molecule has 0 aliphatic heterocycles. The molecule has 0 bridgehead atoms. The lowest BCUT2D eigenvalue weighted by Gasteiger charge is -2.00. The third-order valence-corrected chi connectivity index (χ3v) is 10.9. The van der Waals surface area contributed by atoms with Gasteiger partial charge in [0.1, 0.15) is 0 Å². The van der Waals surface area contributed by atoms with Crippen molar-refractivity contribution in [3.63, 3.8) is 0 Å². The van der Waals surface area contributed by atoms with Gasteiger partial charge >= 0.3 is 0 Å². The van der Waals surface area contributed by atoms with Gasteiger partial charge in [0, 0.05) is 38.7 Å². The minimum Gasteiger partial charge on any atom is -0.139 e. The first-order chi connectivity index (χ1) is 12.4. The summed E-state index contributed by atoms with van der Waals surface area (Å²) in [6, 6.07) is 9.23. The van der Waals surface area contributed by atoms with E-state index in [0.717, 1.165) is 0 Å². The molecule has 4 rings (SSSR count). The summed E-state index contributed by atoms with van der Waals surface area (Å²) in [6.07, 6.45) is 0. The van der Waals surface area contributed by atoms with Crippen molar-refractivity contribution >= 4 is 54.7 Å². The van der Waals surface area contributed by atoms with Gasteiger partial charge in [-0.3, -0.25) is 0 Å². The van der Waals surface area contributed by atoms with Gasteiger partial charge in [0.15, 0.2) is 0 Å². The van der Waals surface area contributed by atoms with Crippen molar-refractivity contribution in [1.29, 1.82) is 0 Å². The van der Waals surface area contributed by atoms with Crippen LogP contribution in [-0.2, 0) is 0 Å². The summed E-state index contributed by atoms with van der Waals surface area (Å²) >= 11 is 7.88. The van der Waals surface area contributed by atoms with Crippen LogP contribution in [-0.4, -0.2) is 0 Å². The fourth-order valence-electron chi connectivity index (χ4n) is 3.19. The average Bonchev–Trinajstić information content (AvgIpc) is 3.33. The number of fused-ring (bicyclic) bond motifs is 1. The van der Waals surface area contributed by atoms with Crippen molar-refractivity contribution in [3.8, 4) is 19.5 Å². The van der Waals surface area contributed by atoms with Crippen molar-refractivity contribution in [1.82, 2.24) is 0 Å². The zero-order valence-corrected chi connectivity index (χ0v) is 19.4. The number of hydrogen-bond acceptors (Lipinski definition) is 4. The molecule has 0 amide bonds. The van der Waals surface area contributed by atoms with Gasteiger partial charge in [0.05, 0.1) is 0 Å². The Morgan fingerprint density at radius 3 is 1.27 bits per heavy atom. The van der Waals surface area contributed by atoms with Crippen LogP contribution < -0.4 is 0 Å². The predicted octanol–water partition coefficient (Wildman–Crippen LogP) is 9.28. The predicted molar refractivity (Wildman–Crippen MR) is 124 cm³/mol. The molecule has 0 aromatic carbocycles. The zero-order chi connectivity index (χ0) is 18.6. The molecule has 0 atom stereocenters. The summed E-state index contributed by atoms with van der Waals surface area (Å²) in [4.78, 5) is 8.75. The first kappa shape index (κ1) is 18.4. The Morgan fingerprint density at radius 2 is 0.962 bits per heavy atom. The SMILES string of the molecule is Cc1c(-c2ccc(C(C)C)s2)sc2c(C)c(-c3ccc(C(C)C)s3)sc12. The lowest BCUT2D eigenvalue weighted by molar-refractivity contribution is 0.890. The molecule has 0 radical (unpaired) electrons. The van der Waals surface area contributed by atoms with Gasteiger partial charge in [-0.2, -0.15) is 0 Å². The second-order valence-electron chi connectivity index (χ2n) is 7.48. The molecule has 4 heteroatoms. The summed E-state index contributed by atoms with van der Waals surface area (Å²) in [5.74, 6) is 1.22. The maximum Gasteiger partial charge on any atom is 0.0496 e. The van der Waals surface area contributed by atoms with E-state index in [4.69, 9.17) is 0 Å². The number of hydrogen-bond donors (Lipinski definition) is 0. The van der Waals surface area contributed by atoms with E-state index in [1.165, 1.54) is 49.8 Å². The van der Waals surface area contributed by atoms with Gasteiger partial charge in [0.2, 0.25) is 0 Å². The number of thiophene rings is 4. The standard InChI is InChI=1S/C22H24S4/c1-11(2)15-7-9-17(23-15)19-13(5)21-22(25-19)14(6)20(26-21)18-10-8-16(24-18)12(3)4/h7-12H,1-6H3. The third kappa shape index (κ3) is 3.01. The molecule has 26 heavy (non-hydrogen) atoms. The minimum absolute atomic E-state index is 0.609. The van der Waals surface area contributed by atoms with Crippen molar-refractivity contribution in [2.45, 2.75) is 53.4 Å². The Morgan fingerprint density at radius 1 is 0.577 bits per heavy atom. The molecule has 0 saturated heterocycles. The van der Waals surface area contributed by atoms with Crippen LogP contribution in [0.5, 0.6) is 0 Å². The second kappa shape index (κ2) is 6.90. The first-order valence-corrected chi connectivity index (χ1v) is 12.4. The van der Waals surface area contributed by atoms with E-state index in [2.05, 4.69) is 65.8 Å². The Hall–Kier alpha value is -0.940. The highest BCUT2D eigenvalue weighted by molar-refractivity contribution is 7.34. The number of aryl methyl sites for hydroxylation is 2. The quantitative estimate of drug-likeness (QED) is 0.311. The fraction of sp³-hybridized carbons (Fsp3) is 0.364. The Balaban J connectivity index is 1.79. The monoisotopic (exact) mass is 416 g/mol. The van der Waals surface area contributed by atoms with Gasteiger partial charge < -0.3 is 0 Å². The van der Waals surface area contributed by atoms with E-state index < -0.39 is 0 Å². The van der Waals surface area contributed by atoms with Crippen LogP contribution in [0.1, 0.15) is 60.4 Å². The summed E-state index contributed by atoms with van der Waals surface area (Å²) in [7, 11) is 0. The topological polar surface area (TPSA) is 0 Å².